The quantitative estimate of drug-likeness (QED) is 0.505. The van der Waals surface area contributed by atoms with Crippen molar-refractivity contribution in [3.8, 4) is 5.75 Å². The Labute approximate surface area is 162 Å². The van der Waals surface area contributed by atoms with Crippen LogP contribution in [0.15, 0.2) is 48.5 Å². The van der Waals surface area contributed by atoms with E-state index in [1.54, 1.807) is 50.2 Å². The lowest BCUT2D eigenvalue weighted by molar-refractivity contribution is -0.384. The minimum absolute atomic E-state index is 0.0119. The van der Waals surface area contributed by atoms with Crippen molar-refractivity contribution in [3.05, 3.63) is 69.8 Å². The first-order valence-electron chi connectivity index (χ1n) is 8.73. The van der Waals surface area contributed by atoms with Gasteiger partial charge in [-0.05, 0) is 41.3 Å². The smallest absolute Gasteiger partial charge is 0.326 e. The van der Waals surface area contributed by atoms with E-state index in [1.807, 2.05) is 0 Å². The van der Waals surface area contributed by atoms with Crippen molar-refractivity contribution < 1.29 is 24.4 Å². The molecule has 0 bridgehead atoms. The van der Waals surface area contributed by atoms with E-state index in [1.165, 1.54) is 12.1 Å². The number of non-ortho nitro benzene ring substituents is 1. The molecule has 0 radical (unpaired) electrons. The molecule has 0 saturated carbocycles. The second-order valence-corrected chi connectivity index (χ2v) is 6.66. The SMILES string of the molecule is CC(C)[C@@H](NC(=O)Cc1cccc(OCc2ccc([N+](=O)[O-])cc2)c1)C(=O)O. The summed E-state index contributed by atoms with van der Waals surface area (Å²) >= 11 is 0. The van der Waals surface area contributed by atoms with Crippen LogP contribution < -0.4 is 10.1 Å². The molecule has 2 aromatic rings. The molecule has 0 heterocycles. The van der Waals surface area contributed by atoms with Crippen molar-refractivity contribution in [2.75, 3.05) is 0 Å². The molecule has 28 heavy (non-hydrogen) atoms. The van der Waals surface area contributed by atoms with Crippen molar-refractivity contribution in [2.45, 2.75) is 32.9 Å². The number of nitro benzene ring substituents is 1. The molecule has 148 valence electrons. The largest absolute Gasteiger partial charge is 0.489 e. The van der Waals surface area contributed by atoms with Crippen LogP contribution in [-0.4, -0.2) is 27.9 Å². The second-order valence-electron chi connectivity index (χ2n) is 6.66. The van der Waals surface area contributed by atoms with Crippen molar-refractivity contribution in [2.24, 2.45) is 5.92 Å². The van der Waals surface area contributed by atoms with Crippen molar-refractivity contribution >= 4 is 17.6 Å². The Morgan fingerprint density at radius 2 is 1.82 bits per heavy atom. The molecular weight excluding hydrogens is 364 g/mol. The van der Waals surface area contributed by atoms with E-state index < -0.39 is 16.9 Å². The lowest BCUT2D eigenvalue weighted by Crippen LogP contribution is -2.44. The fourth-order valence-corrected chi connectivity index (χ4v) is 2.55. The molecule has 0 unspecified atom stereocenters. The van der Waals surface area contributed by atoms with Gasteiger partial charge in [-0.3, -0.25) is 14.9 Å². The van der Waals surface area contributed by atoms with Gasteiger partial charge >= 0.3 is 5.97 Å². The third kappa shape index (κ3) is 6.08. The Morgan fingerprint density at radius 3 is 2.39 bits per heavy atom. The Morgan fingerprint density at radius 1 is 1.14 bits per heavy atom. The summed E-state index contributed by atoms with van der Waals surface area (Å²) in [5, 5.41) is 22.3. The number of nitro groups is 1. The number of nitrogens with one attached hydrogen (secondary N) is 1. The first kappa shape index (κ1) is 20.9. The van der Waals surface area contributed by atoms with E-state index in [4.69, 9.17) is 9.84 Å². The Hall–Kier alpha value is -3.42. The highest BCUT2D eigenvalue weighted by molar-refractivity contribution is 5.85. The fourth-order valence-electron chi connectivity index (χ4n) is 2.55. The number of benzene rings is 2. The van der Waals surface area contributed by atoms with Gasteiger partial charge in [-0.2, -0.15) is 0 Å². The third-order valence-electron chi connectivity index (χ3n) is 4.06. The van der Waals surface area contributed by atoms with Gasteiger partial charge in [0.2, 0.25) is 5.91 Å². The van der Waals surface area contributed by atoms with E-state index in [0.29, 0.717) is 11.3 Å². The van der Waals surface area contributed by atoms with Gasteiger partial charge in [-0.1, -0.05) is 26.0 Å². The van der Waals surface area contributed by atoms with Crippen LogP contribution in [0.5, 0.6) is 5.75 Å². The number of amides is 1. The number of nitrogens with zero attached hydrogens (tertiary/aromatic N) is 1. The number of carboxylic acid groups (broad SMARTS) is 1. The summed E-state index contributed by atoms with van der Waals surface area (Å²) in [4.78, 5) is 33.5. The summed E-state index contributed by atoms with van der Waals surface area (Å²) in [5.41, 5.74) is 1.47. The molecule has 2 rings (SSSR count). The maximum atomic E-state index is 12.1. The number of carbonyl (C=O) groups is 2. The molecule has 0 fully saturated rings. The molecule has 8 nitrogen and oxygen atoms in total. The summed E-state index contributed by atoms with van der Waals surface area (Å²) in [6.45, 7) is 3.68. The van der Waals surface area contributed by atoms with Crippen LogP contribution in [0.4, 0.5) is 5.69 Å². The van der Waals surface area contributed by atoms with Gasteiger partial charge in [-0.15, -0.1) is 0 Å². The van der Waals surface area contributed by atoms with Crippen LogP contribution in [0.2, 0.25) is 0 Å². The van der Waals surface area contributed by atoms with Gasteiger partial charge in [0.1, 0.15) is 18.4 Å². The number of rotatable bonds is 9. The number of aliphatic carboxylic acids is 1. The van der Waals surface area contributed by atoms with Crippen LogP contribution in [0.1, 0.15) is 25.0 Å². The topological polar surface area (TPSA) is 119 Å². The second kappa shape index (κ2) is 9.50. The molecular formula is C20H22N2O6. The van der Waals surface area contributed by atoms with Crippen LogP contribution in [0, 0.1) is 16.0 Å². The molecule has 0 aliphatic heterocycles. The Bertz CT molecular complexity index is 848. The zero-order valence-corrected chi connectivity index (χ0v) is 15.6. The van der Waals surface area contributed by atoms with Gasteiger partial charge in [0.15, 0.2) is 0 Å². The summed E-state index contributed by atoms with van der Waals surface area (Å²) in [5.74, 6) is -1.13. The summed E-state index contributed by atoms with van der Waals surface area (Å²) in [6, 6.07) is 12.1. The molecule has 0 aliphatic carbocycles. The van der Waals surface area contributed by atoms with Crippen LogP contribution in [0.3, 0.4) is 0 Å². The first-order chi connectivity index (χ1) is 13.3. The fraction of sp³-hybridized carbons (Fsp3) is 0.300. The van der Waals surface area contributed by atoms with Crippen LogP contribution >= 0.6 is 0 Å². The highest BCUT2D eigenvalue weighted by Crippen LogP contribution is 2.17. The summed E-state index contributed by atoms with van der Waals surface area (Å²) < 4.78 is 5.68. The molecule has 0 spiro atoms. The minimum atomic E-state index is -1.07. The highest BCUT2D eigenvalue weighted by atomic mass is 16.6. The number of carboxylic acids is 1. The first-order valence-corrected chi connectivity index (χ1v) is 8.73. The lowest BCUT2D eigenvalue weighted by Gasteiger charge is -2.18. The molecule has 0 saturated heterocycles. The molecule has 0 aromatic heterocycles. The van der Waals surface area contributed by atoms with E-state index in [9.17, 15) is 19.7 Å². The number of hydrogen-bond donors (Lipinski definition) is 2. The standard InChI is InChI=1S/C20H22N2O6/c1-13(2)19(20(24)25)21-18(23)11-15-4-3-5-17(10-15)28-12-14-6-8-16(9-7-14)22(26)27/h3-10,13,19H,11-12H2,1-2H3,(H,21,23)(H,24,25)/t19-/m1/s1. The Kier molecular flexibility index (Phi) is 7.08. The molecule has 1 amide bonds. The molecule has 2 N–H and O–H groups in total. The predicted octanol–water partition coefficient (Wildman–Crippen LogP) is 2.94. The van der Waals surface area contributed by atoms with Crippen LogP contribution in [-0.2, 0) is 22.6 Å². The Balaban J connectivity index is 1.95. The summed E-state index contributed by atoms with van der Waals surface area (Å²) in [7, 11) is 0. The number of carbonyl (C=O) groups excluding carboxylic acids is 1. The number of hydrogen-bond acceptors (Lipinski definition) is 5. The maximum Gasteiger partial charge on any atom is 0.326 e. The van der Waals surface area contributed by atoms with Gasteiger partial charge in [-0.25, -0.2) is 4.79 Å². The van der Waals surface area contributed by atoms with Gasteiger partial charge < -0.3 is 15.2 Å². The zero-order valence-electron chi connectivity index (χ0n) is 15.6. The monoisotopic (exact) mass is 386 g/mol. The third-order valence-corrected chi connectivity index (χ3v) is 4.06. The normalized spacial score (nSPS) is 11.7. The van der Waals surface area contributed by atoms with Gasteiger partial charge in [0.25, 0.3) is 5.69 Å². The van der Waals surface area contributed by atoms with E-state index in [0.717, 1.165) is 5.56 Å². The van der Waals surface area contributed by atoms with Crippen molar-refractivity contribution in [3.63, 3.8) is 0 Å². The average Bonchev–Trinajstić information content (AvgIpc) is 2.64. The van der Waals surface area contributed by atoms with Crippen molar-refractivity contribution in [1.29, 1.82) is 0 Å². The predicted molar refractivity (Wildman–Crippen MR) is 102 cm³/mol. The maximum absolute atomic E-state index is 12.1. The average molecular weight is 386 g/mol. The van der Waals surface area contributed by atoms with Gasteiger partial charge in [0.05, 0.1) is 11.3 Å². The van der Waals surface area contributed by atoms with Crippen molar-refractivity contribution in [1.82, 2.24) is 5.32 Å². The lowest BCUT2D eigenvalue weighted by atomic mass is 10.0. The molecule has 8 heteroatoms. The zero-order chi connectivity index (χ0) is 20.7. The molecule has 1 atom stereocenters. The number of ether oxygens (including phenoxy) is 1. The minimum Gasteiger partial charge on any atom is -0.489 e. The molecule has 2 aromatic carbocycles. The molecule has 0 aliphatic rings. The highest BCUT2D eigenvalue weighted by Gasteiger charge is 2.23. The summed E-state index contributed by atoms with van der Waals surface area (Å²) in [6.07, 6.45) is 0.0330. The van der Waals surface area contributed by atoms with E-state index >= 15 is 0 Å². The van der Waals surface area contributed by atoms with Crippen LogP contribution in [0.25, 0.3) is 0 Å². The van der Waals surface area contributed by atoms with E-state index in [2.05, 4.69) is 5.32 Å². The van der Waals surface area contributed by atoms with E-state index in [-0.39, 0.29) is 30.5 Å². The van der Waals surface area contributed by atoms with Gasteiger partial charge in [0, 0.05) is 12.1 Å².